The van der Waals surface area contributed by atoms with Crippen molar-refractivity contribution in [2.75, 3.05) is 6.61 Å². The van der Waals surface area contributed by atoms with E-state index in [-0.39, 0.29) is 11.8 Å². The molecule has 3 atom stereocenters. The van der Waals surface area contributed by atoms with E-state index in [1.54, 1.807) is 4.90 Å². The van der Waals surface area contributed by atoms with E-state index in [1.807, 2.05) is 6.92 Å². The molecule has 2 aliphatic carbocycles. The lowest BCUT2D eigenvalue weighted by atomic mass is 9.83. The largest absolute Gasteiger partial charge is 0.353 e. The summed E-state index contributed by atoms with van der Waals surface area (Å²) in [4.78, 5) is 26.7. The summed E-state index contributed by atoms with van der Waals surface area (Å²) in [6.45, 7) is 4.41. The predicted octanol–water partition coefficient (Wildman–Crippen LogP) is 1.81. The highest BCUT2D eigenvalue weighted by Crippen LogP contribution is 2.43. The third kappa shape index (κ3) is 2.80. The highest BCUT2D eigenvalue weighted by atomic mass is 16.5. The number of nitrogens with zero attached hydrogens (tertiary/aromatic N) is 1. The molecule has 1 spiro atoms. The van der Waals surface area contributed by atoms with Crippen molar-refractivity contribution in [1.29, 1.82) is 0 Å². The number of rotatable bonds is 3. The topological polar surface area (TPSA) is 58.6 Å². The van der Waals surface area contributed by atoms with Crippen LogP contribution in [0.3, 0.4) is 0 Å². The van der Waals surface area contributed by atoms with Crippen LogP contribution in [0.15, 0.2) is 0 Å². The minimum absolute atomic E-state index is 0.0330. The van der Waals surface area contributed by atoms with Gasteiger partial charge in [0.2, 0.25) is 11.8 Å². The number of nitrogens with one attached hydrogen (secondary N) is 1. The molecule has 1 aliphatic heterocycles. The zero-order valence-corrected chi connectivity index (χ0v) is 13.1. The maximum Gasteiger partial charge on any atom is 0.245 e. The third-order valence-corrected chi connectivity index (χ3v) is 4.99. The van der Waals surface area contributed by atoms with Crippen LogP contribution in [0.25, 0.3) is 0 Å². The van der Waals surface area contributed by atoms with Gasteiger partial charge in [-0.1, -0.05) is 20.3 Å². The van der Waals surface area contributed by atoms with Crippen molar-refractivity contribution in [3.05, 3.63) is 0 Å². The first kappa shape index (κ1) is 14.8. The van der Waals surface area contributed by atoms with Gasteiger partial charge in [-0.2, -0.15) is 0 Å². The van der Waals surface area contributed by atoms with Gasteiger partial charge in [0, 0.05) is 12.5 Å². The van der Waals surface area contributed by atoms with Crippen molar-refractivity contribution in [3.63, 3.8) is 0 Å². The van der Waals surface area contributed by atoms with Crippen LogP contribution in [0, 0.1) is 5.92 Å². The van der Waals surface area contributed by atoms with Gasteiger partial charge in [0.15, 0.2) is 0 Å². The van der Waals surface area contributed by atoms with Gasteiger partial charge in [-0.05, 0) is 38.0 Å². The van der Waals surface area contributed by atoms with E-state index in [0.29, 0.717) is 25.0 Å². The van der Waals surface area contributed by atoms with Crippen LogP contribution in [0.1, 0.15) is 58.8 Å². The minimum atomic E-state index is -0.531. The lowest BCUT2D eigenvalue weighted by molar-refractivity contribution is -0.162. The van der Waals surface area contributed by atoms with Gasteiger partial charge in [-0.3, -0.25) is 14.5 Å². The molecule has 0 aromatic heterocycles. The summed E-state index contributed by atoms with van der Waals surface area (Å²) in [6, 6.07) is -0.124. The van der Waals surface area contributed by atoms with E-state index in [4.69, 9.17) is 4.74 Å². The van der Waals surface area contributed by atoms with E-state index >= 15 is 0 Å². The Morgan fingerprint density at radius 3 is 2.71 bits per heavy atom. The number of hydrogen-bond acceptors (Lipinski definition) is 3. The molecule has 3 rings (SSSR count). The van der Waals surface area contributed by atoms with Gasteiger partial charge in [-0.25, -0.2) is 0 Å². The number of amides is 2. The fourth-order valence-corrected chi connectivity index (χ4v) is 3.78. The Bertz CT molecular complexity index is 433. The lowest BCUT2D eigenvalue weighted by Crippen LogP contribution is -2.57. The first-order valence-electron chi connectivity index (χ1n) is 8.32. The molecule has 3 aliphatic rings. The van der Waals surface area contributed by atoms with E-state index in [2.05, 4.69) is 12.2 Å². The highest BCUT2D eigenvalue weighted by molar-refractivity contribution is 5.89. The Labute approximate surface area is 126 Å². The van der Waals surface area contributed by atoms with E-state index in [1.165, 1.54) is 6.42 Å². The third-order valence-electron chi connectivity index (χ3n) is 4.99. The Morgan fingerprint density at radius 2 is 2.10 bits per heavy atom. The monoisotopic (exact) mass is 294 g/mol. The molecule has 1 saturated heterocycles. The summed E-state index contributed by atoms with van der Waals surface area (Å²) < 4.78 is 6.07. The molecule has 0 unspecified atom stereocenters. The van der Waals surface area contributed by atoms with Crippen molar-refractivity contribution in [2.24, 2.45) is 5.92 Å². The van der Waals surface area contributed by atoms with Gasteiger partial charge >= 0.3 is 0 Å². The number of ether oxygens (including phenoxy) is 1. The maximum atomic E-state index is 12.5. The normalized spacial score (nSPS) is 36.0. The summed E-state index contributed by atoms with van der Waals surface area (Å²) in [5.41, 5.74) is -0.531. The Balaban J connectivity index is 1.80. The molecular weight excluding hydrogens is 268 g/mol. The van der Waals surface area contributed by atoms with E-state index in [9.17, 15) is 9.59 Å². The van der Waals surface area contributed by atoms with Crippen LogP contribution < -0.4 is 5.32 Å². The molecule has 3 fully saturated rings. The van der Waals surface area contributed by atoms with Crippen LogP contribution in [0.4, 0.5) is 0 Å². The molecular formula is C16H26N2O3. The summed E-state index contributed by atoms with van der Waals surface area (Å²) in [5.74, 6) is 0.545. The average molecular weight is 294 g/mol. The Morgan fingerprint density at radius 1 is 1.33 bits per heavy atom. The average Bonchev–Trinajstić information content (AvgIpc) is 3.19. The summed E-state index contributed by atoms with van der Waals surface area (Å²) in [5, 5.41) is 3.03. The smallest absolute Gasteiger partial charge is 0.245 e. The van der Waals surface area contributed by atoms with E-state index in [0.717, 1.165) is 32.1 Å². The second-order valence-electron chi connectivity index (χ2n) is 6.87. The van der Waals surface area contributed by atoms with Gasteiger partial charge in [0.25, 0.3) is 0 Å². The summed E-state index contributed by atoms with van der Waals surface area (Å²) in [7, 11) is 0. The van der Waals surface area contributed by atoms with Crippen LogP contribution in [-0.4, -0.2) is 41.1 Å². The van der Waals surface area contributed by atoms with Crippen molar-refractivity contribution in [2.45, 2.75) is 76.6 Å². The molecule has 1 heterocycles. The molecule has 0 radical (unpaired) electrons. The van der Waals surface area contributed by atoms with Crippen molar-refractivity contribution in [3.8, 4) is 0 Å². The van der Waals surface area contributed by atoms with Crippen LogP contribution in [0.5, 0.6) is 0 Å². The molecule has 21 heavy (non-hydrogen) atoms. The molecule has 2 saturated carbocycles. The fourth-order valence-electron chi connectivity index (χ4n) is 3.78. The van der Waals surface area contributed by atoms with Crippen molar-refractivity contribution >= 4 is 11.8 Å². The Hall–Kier alpha value is -1.10. The standard InChI is InChI=1S/C16H26N2O3/c1-3-14(19)18-13(15(20)17-12-6-7-12)10-21-16(18)8-4-5-11(2)9-16/h11-13H,3-10H2,1-2H3,(H,17,20)/t11-,13-,16-/m0/s1. The SMILES string of the molecule is CCC(=O)N1[C@H](C(=O)NC2CC2)CO[C@]12CCC[C@H](C)C2. The van der Waals surface area contributed by atoms with Gasteiger partial charge in [0.05, 0.1) is 6.61 Å². The summed E-state index contributed by atoms with van der Waals surface area (Å²) >= 11 is 0. The van der Waals surface area contributed by atoms with Crippen LogP contribution in [0.2, 0.25) is 0 Å². The summed E-state index contributed by atoms with van der Waals surface area (Å²) in [6.07, 6.45) is 6.49. The molecule has 5 heteroatoms. The highest BCUT2D eigenvalue weighted by Gasteiger charge is 2.53. The van der Waals surface area contributed by atoms with Gasteiger partial charge in [0.1, 0.15) is 11.8 Å². The van der Waals surface area contributed by atoms with E-state index < -0.39 is 11.8 Å². The quantitative estimate of drug-likeness (QED) is 0.863. The van der Waals surface area contributed by atoms with Crippen LogP contribution in [-0.2, 0) is 14.3 Å². The predicted molar refractivity (Wildman–Crippen MR) is 78.4 cm³/mol. The van der Waals surface area contributed by atoms with Crippen molar-refractivity contribution < 1.29 is 14.3 Å². The van der Waals surface area contributed by atoms with Crippen molar-refractivity contribution in [1.82, 2.24) is 10.2 Å². The Kier molecular flexibility index (Phi) is 3.95. The second kappa shape index (κ2) is 5.59. The number of hydrogen-bond donors (Lipinski definition) is 1. The zero-order valence-electron chi connectivity index (χ0n) is 13.1. The van der Waals surface area contributed by atoms with Gasteiger partial charge < -0.3 is 10.1 Å². The molecule has 0 aromatic rings. The minimum Gasteiger partial charge on any atom is -0.353 e. The molecule has 2 amide bonds. The molecule has 0 aromatic carbocycles. The molecule has 1 N–H and O–H groups in total. The number of carbonyl (C=O) groups excluding carboxylic acids is 2. The van der Waals surface area contributed by atoms with Crippen LogP contribution >= 0.6 is 0 Å². The molecule has 5 nitrogen and oxygen atoms in total. The molecule has 118 valence electrons. The fraction of sp³-hybridized carbons (Fsp3) is 0.875. The zero-order chi connectivity index (χ0) is 15.0. The first-order chi connectivity index (χ1) is 10.1. The molecule has 0 bridgehead atoms. The lowest BCUT2D eigenvalue weighted by Gasteiger charge is -2.43. The maximum absolute atomic E-state index is 12.5. The second-order valence-corrected chi connectivity index (χ2v) is 6.87. The first-order valence-corrected chi connectivity index (χ1v) is 8.32. The number of carbonyl (C=O) groups is 2. The van der Waals surface area contributed by atoms with Gasteiger partial charge in [-0.15, -0.1) is 0 Å².